The average Bonchev–Trinajstić information content (AvgIpc) is 3.44. The largest absolute Gasteiger partial charge is 0.438 e. The van der Waals surface area contributed by atoms with Crippen molar-refractivity contribution in [3.05, 3.63) is 74.0 Å². The number of hydrogen-bond donors (Lipinski definition) is 0. The summed E-state index contributed by atoms with van der Waals surface area (Å²) < 4.78 is 13.8. The minimum absolute atomic E-state index is 0.0176. The van der Waals surface area contributed by atoms with Gasteiger partial charge in [0.25, 0.3) is 11.5 Å². The first-order chi connectivity index (χ1) is 16.8. The molecular weight excluding hydrogens is 482 g/mol. The van der Waals surface area contributed by atoms with E-state index in [2.05, 4.69) is 0 Å². The van der Waals surface area contributed by atoms with E-state index in [9.17, 15) is 9.59 Å². The van der Waals surface area contributed by atoms with Crippen molar-refractivity contribution in [2.75, 3.05) is 13.2 Å². The molecule has 3 aromatic rings. The molecule has 2 aliphatic rings. The first-order valence-electron chi connectivity index (χ1n) is 11.5. The Hall–Kier alpha value is -3.01. The van der Waals surface area contributed by atoms with E-state index < -0.39 is 0 Å². The maximum absolute atomic E-state index is 13.6. The molecule has 5 rings (SSSR count). The predicted molar refractivity (Wildman–Crippen MR) is 141 cm³/mol. The Bertz CT molecular complexity index is 1440. The Labute approximate surface area is 212 Å². The van der Waals surface area contributed by atoms with Gasteiger partial charge in [0.05, 0.1) is 17.6 Å². The van der Waals surface area contributed by atoms with Crippen LogP contribution in [0, 0.1) is 20.8 Å². The summed E-state index contributed by atoms with van der Waals surface area (Å²) in [6, 6.07) is 9.41. The van der Waals surface area contributed by atoms with Gasteiger partial charge in [0.15, 0.2) is 0 Å². The molecule has 4 heterocycles. The molecule has 1 aromatic carbocycles. The van der Waals surface area contributed by atoms with Gasteiger partial charge in [-0.2, -0.15) is 4.98 Å². The van der Waals surface area contributed by atoms with Crippen LogP contribution in [-0.2, 0) is 9.53 Å². The maximum Gasteiger partial charge on any atom is 0.269 e. The van der Waals surface area contributed by atoms with E-state index in [0.717, 1.165) is 29.5 Å². The topological polar surface area (TPSA) is 73.1 Å². The summed E-state index contributed by atoms with van der Waals surface area (Å²) in [5.41, 5.74) is 3.24. The van der Waals surface area contributed by atoms with E-state index in [1.165, 1.54) is 16.2 Å². The zero-order valence-corrected chi connectivity index (χ0v) is 21.4. The van der Waals surface area contributed by atoms with Gasteiger partial charge in [-0.3, -0.25) is 18.9 Å². The molecule has 0 N–H and O–H groups in total. The number of thioether (sulfide) groups is 1. The molecule has 0 aliphatic carbocycles. The monoisotopic (exact) mass is 507 g/mol. The molecule has 1 atom stereocenters. The number of carbonyl (C=O) groups excluding carboxylic acids is 1. The highest BCUT2D eigenvalue weighted by atomic mass is 32.2. The van der Waals surface area contributed by atoms with Crippen LogP contribution in [0.15, 0.2) is 46.2 Å². The Kier molecular flexibility index (Phi) is 6.48. The van der Waals surface area contributed by atoms with E-state index >= 15 is 0 Å². The number of thiocarbonyl (C=S) groups is 1. The van der Waals surface area contributed by atoms with Crippen molar-refractivity contribution in [1.29, 1.82) is 0 Å². The molecule has 2 fully saturated rings. The van der Waals surface area contributed by atoms with Crippen molar-refractivity contribution < 1.29 is 14.3 Å². The van der Waals surface area contributed by atoms with Crippen molar-refractivity contribution in [3.63, 3.8) is 0 Å². The van der Waals surface area contributed by atoms with Gasteiger partial charge in [0.1, 0.15) is 21.3 Å². The Balaban J connectivity index is 1.60. The standard InChI is InChI=1S/C26H25N3O4S2/c1-15-7-4-10-20(17(15)3)33-23-19(24(30)28-11-5-8-16(2)22(28)27-23)13-21-25(31)29(26(34)35-21)14-18-9-6-12-32-18/h4-5,7-8,10-11,13,18H,6,9,12,14H2,1-3H3/b21-13+. The van der Waals surface area contributed by atoms with Gasteiger partial charge in [-0.05, 0) is 68.5 Å². The third-order valence-electron chi connectivity index (χ3n) is 6.37. The summed E-state index contributed by atoms with van der Waals surface area (Å²) in [6.07, 6.45) is 5.08. The van der Waals surface area contributed by atoms with Gasteiger partial charge >= 0.3 is 0 Å². The fraction of sp³-hybridized carbons (Fsp3) is 0.308. The van der Waals surface area contributed by atoms with Crippen LogP contribution in [-0.4, -0.2) is 43.8 Å². The number of carbonyl (C=O) groups is 1. The second kappa shape index (κ2) is 9.56. The molecule has 0 spiro atoms. The Morgan fingerprint density at radius 3 is 2.77 bits per heavy atom. The number of fused-ring (bicyclic) bond motifs is 1. The van der Waals surface area contributed by atoms with Gasteiger partial charge in [0, 0.05) is 12.8 Å². The van der Waals surface area contributed by atoms with Crippen LogP contribution in [0.2, 0.25) is 0 Å². The minimum atomic E-state index is -0.316. The number of rotatable bonds is 5. The molecule has 35 heavy (non-hydrogen) atoms. The van der Waals surface area contributed by atoms with Crippen molar-refractivity contribution in [2.24, 2.45) is 0 Å². The van der Waals surface area contributed by atoms with E-state index in [0.29, 0.717) is 33.8 Å². The molecule has 0 radical (unpaired) electrons. The maximum atomic E-state index is 13.6. The fourth-order valence-corrected chi connectivity index (χ4v) is 5.47. The van der Waals surface area contributed by atoms with E-state index in [1.807, 2.05) is 45.0 Å². The summed E-state index contributed by atoms with van der Waals surface area (Å²) in [7, 11) is 0. The number of benzene rings is 1. The summed E-state index contributed by atoms with van der Waals surface area (Å²) in [5.74, 6) is 0.528. The second-order valence-electron chi connectivity index (χ2n) is 8.75. The number of aromatic nitrogens is 2. The lowest BCUT2D eigenvalue weighted by Crippen LogP contribution is -2.35. The molecule has 2 saturated heterocycles. The van der Waals surface area contributed by atoms with Gasteiger partial charge in [-0.25, -0.2) is 0 Å². The zero-order chi connectivity index (χ0) is 24.7. The number of nitrogens with zero attached hydrogens (tertiary/aromatic N) is 3. The third kappa shape index (κ3) is 4.51. The molecule has 2 aliphatic heterocycles. The third-order valence-corrected chi connectivity index (χ3v) is 7.75. The lowest BCUT2D eigenvalue weighted by Gasteiger charge is -2.18. The van der Waals surface area contributed by atoms with Crippen LogP contribution >= 0.6 is 24.0 Å². The highest BCUT2D eigenvalue weighted by molar-refractivity contribution is 8.26. The number of hydrogen-bond acceptors (Lipinski definition) is 7. The average molecular weight is 508 g/mol. The molecule has 9 heteroatoms. The van der Waals surface area contributed by atoms with Crippen LogP contribution in [0.25, 0.3) is 11.7 Å². The number of aryl methyl sites for hydroxylation is 2. The predicted octanol–water partition coefficient (Wildman–Crippen LogP) is 4.79. The van der Waals surface area contributed by atoms with Gasteiger partial charge in [0.2, 0.25) is 5.88 Å². The van der Waals surface area contributed by atoms with Crippen LogP contribution in [0.4, 0.5) is 0 Å². The fourth-order valence-electron chi connectivity index (χ4n) is 4.21. The second-order valence-corrected chi connectivity index (χ2v) is 10.4. The van der Waals surface area contributed by atoms with Crippen molar-refractivity contribution in [2.45, 2.75) is 39.7 Å². The van der Waals surface area contributed by atoms with Gasteiger partial charge < -0.3 is 9.47 Å². The minimum Gasteiger partial charge on any atom is -0.438 e. The van der Waals surface area contributed by atoms with Crippen LogP contribution in [0.3, 0.4) is 0 Å². The first-order valence-corrected chi connectivity index (χ1v) is 12.7. The lowest BCUT2D eigenvalue weighted by atomic mass is 10.1. The van der Waals surface area contributed by atoms with Crippen LogP contribution in [0.5, 0.6) is 11.6 Å². The molecule has 1 unspecified atom stereocenters. The van der Waals surface area contributed by atoms with Crippen LogP contribution in [0.1, 0.15) is 35.1 Å². The number of amides is 1. The van der Waals surface area contributed by atoms with Crippen molar-refractivity contribution >= 4 is 45.9 Å². The number of ether oxygens (including phenoxy) is 2. The van der Waals surface area contributed by atoms with E-state index in [4.69, 9.17) is 26.7 Å². The van der Waals surface area contributed by atoms with Crippen LogP contribution < -0.4 is 10.3 Å². The highest BCUT2D eigenvalue weighted by Gasteiger charge is 2.35. The zero-order valence-electron chi connectivity index (χ0n) is 19.7. The first kappa shape index (κ1) is 23.7. The van der Waals surface area contributed by atoms with E-state index in [-0.39, 0.29) is 29.0 Å². The highest BCUT2D eigenvalue weighted by Crippen LogP contribution is 2.35. The summed E-state index contributed by atoms with van der Waals surface area (Å²) in [4.78, 5) is 33.4. The number of pyridine rings is 1. The molecule has 180 valence electrons. The molecule has 0 saturated carbocycles. The Morgan fingerprint density at radius 2 is 2.00 bits per heavy atom. The van der Waals surface area contributed by atoms with Gasteiger partial charge in [-0.1, -0.05) is 42.2 Å². The molecule has 7 nitrogen and oxygen atoms in total. The molecule has 2 aromatic heterocycles. The summed E-state index contributed by atoms with van der Waals surface area (Å²) in [5, 5.41) is 0. The SMILES string of the molecule is Cc1cccc(Oc2nc3c(C)cccn3c(=O)c2/C=C2/SC(=S)N(CC3CCCO3)C2=O)c1C. The molecule has 0 bridgehead atoms. The van der Waals surface area contributed by atoms with Crippen molar-refractivity contribution in [1.82, 2.24) is 14.3 Å². The smallest absolute Gasteiger partial charge is 0.269 e. The quantitative estimate of drug-likeness (QED) is 0.363. The normalized spacial score (nSPS) is 19.3. The van der Waals surface area contributed by atoms with Crippen molar-refractivity contribution in [3.8, 4) is 11.6 Å². The lowest BCUT2D eigenvalue weighted by molar-refractivity contribution is -0.123. The molecule has 1 amide bonds. The summed E-state index contributed by atoms with van der Waals surface area (Å²) in [6.45, 7) is 6.96. The molecular formula is C26H25N3O4S2. The van der Waals surface area contributed by atoms with E-state index in [1.54, 1.807) is 23.2 Å². The summed E-state index contributed by atoms with van der Waals surface area (Å²) >= 11 is 6.66. The Morgan fingerprint density at radius 1 is 1.20 bits per heavy atom. The van der Waals surface area contributed by atoms with Gasteiger partial charge in [-0.15, -0.1) is 0 Å².